The Morgan fingerprint density at radius 1 is 1.45 bits per heavy atom. The van der Waals surface area contributed by atoms with Crippen molar-refractivity contribution in [1.29, 1.82) is 0 Å². The molecular weight excluding hydrogens is 298 g/mol. The summed E-state index contributed by atoms with van der Waals surface area (Å²) in [5, 5.41) is 10.3. The van der Waals surface area contributed by atoms with Crippen molar-refractivity contribution in [2.24, 2.45) is 0 Å². The molecule has 0 aliphatic carbocycles. The minimum Gasteiger partial charge on any atom is -0.311 e. The lowest BCUT2D eigenvalue weighted by molar-refractivity contribution is -0.115. The summed E-state index contributed by atoms with van der Waals surface area (Å²) >= 11 is 1.57. The number of aromatic nitrogens is 3. The molecule has 1 aliphatic rings. The third-order valence-electron chi connectivity index (χ3n) is 3.98. The van der Waals surface area contributed by atoms with Crippen LogP contribution in [-0.4, -0.2) is 45.7 Å². The van der Waals surface area contributed by atoms with E-state index in [1.165, 1.54) is 0 Å². The fraction of sp³-hybridized carbons (Fsp3) is 0.533. The summed E-state index contributed by atoms with van der Waals surface area (Å²) in [7, 11) is 2.14. The maximum Gasteiger partial charge on any atom is 0.231 e. The average Bonchev–Trinajstić information content (AvgIpc) is 3.09. The first kappa shape index (κ1) is 15.2. The number of carbonyl (C=O) groups is 1. The third-order valence-corrected chi connectivity index (χ3v) is 4.80. The van der Waals surface area contributed by atoms with E-state index in [0.29, 0.717) is 12.5 Å². The lowest BCUT2D eigenvalue weighted by atomic mass is 10.1. The number of nitrogens with one attached hydrogen (secondary N) is 1. The van der Waals surface area contributed by atoms with Crippen LogP contribution >= 0.6 is 11.3 Å². The Bertz CT molecular complexity index is 642. The molecule has 118 valence electrons. The highest BCUT2D eigenvalue weighted by atomic mass is 32.1. The maximum atomic E-state index is 12.2. The quantitative estimate of drug-likeness (QED) is 0.937. The molecule has 0 bridgehead atoms. The number of nitrogens with zero attached hydrogens (tertiary/aromatic N) is 4. The summed E-state index contributed by atoms with van der Waals surface area (Å²) in [6.45, 7) is 4.08. The standard InChI is InChI=1S/C15H21N5OS/c1-11-17-12(10-22-11)9-15(21)18-14-3-6-16-20(14)13-4-7-19(2)8-5-13/h3,6,10,13H,4-5,7-9H2,1-2H3,(H,18,21). The predicted octanol–water partition coefficient (Wildman–Crippen LogP) is 2.10. The number of rotatable bonds is 4. The van der Waals surface area contributed by atoms with E-state index in [1.54, 1.807) is 17.5 Å². The van der Waals surface area contributed by atoms with E-state index in [1.807, 2.05) is 23.1 Å². The second-order valence-corrected chi connectivity index (χ2v) is 6.84. The molecule has 1 N–H and O–H groups in total. The van der Waals surface area contributed by atoms with Crippen molar-refractivity contribution in [3.63, 3.8) is 0 Å². The highest BCUT2D eigenvalue weighted by Crippen LogP contribution is 2.24. The lowest BCUT2D eigenvalue weighted by Crippen LogP contribution is -2.32. The van der Waals surface area contributed by atoms with E-state index in [-0.39, 0.29) is 5.91 Å². The van der Waals surface area contributed by atoms with Crippen molar-refractivity contribution < 1.29 is 4.79 Å². The van der Waals surface area contributed by atoms with Crippen LogP contribution in [0, 0.1) is 6.92 Å². The minimum atomic E-state index is -0.0417. The van der Waals surface area contributed by atoms with Gasteiger partial charge in [0.25, 0.3) is 0 Å². The maximum absolute atomic E-state index is 12.2. The molecule has 0 atom stereocenters. The number of hydrogen-bond acceptors (Lipinski definition) is 5. The molecule has 0 radical (unpaired) electrons. The van der Waals surface area contributed by atoms with E-state index in [9.17, 15) is 4.79 Å². The van der Waals surface area contributed by atoms with Gasteiger partial charge in [-0.15, -0.1) is 11.3 Å². The Balaban J connectivity index is 1.63. The Labute approximate surface area is 134 Å². The highest BCUT2D eigenvalue weighted by molar-refractivity contribution is 7.09. The minimum absolute atomic E-state index is 0.0417. The number of amides is 1. The fourth-order valence-corrected chi connectivity index (χ4v) is 3.40. The first-order valence-corrected chi connectivity index (χ1v) is 8.42. The van der Waals surface area contributed by atoms with Gasteiger partial charge in [0.2, 0.25) is 5.91 Å². The predicted molar refractivity (Wildman–Crippen MR) is 87.2 cm³/mol. The van der Waals surface area contributed by atoms with Crippen LogP contribution in [0.1, 0.15) is 29.6 Å². The van der Waals surface area contributed by atoms with Crippen LogP contribution in [0.4, 0.5) is 5.82 Å². The van der Waals surface area contributed by atoms with Crippen LogP contribution in [-0.2, 0) is 11.2 Å². The Morgan fingerprint density at radius 3 is 2.91 bits per heavy atom. The average molecular weight is 319 g/mol. The molecule has 3 rings (SSSR count). The number of carbonyl (C=O) groups excluding carboxylic acids is 1. The van der Waals surface area contributed by atoms with Gasteiger partial charge in [-0.05, 0) is 39.9 Å². The van der Waals surface area contributed by atoms with E-state index in [0.717, 1.165) is 42.5 Å². The van der Waals surface area contributed by atoms with Crippen LogP contribution in [0.15, 0.2) is 17.6 Å². The number of hydrogen-bond donors (Lipinski definition) is 1. The van der Waals surface area contributed by atoms with Crippen LogP contribution in [0.3, 0.4) is 0 Å². The van der Waals surface area contributed by atoms with Crippen molar-refractivity contribution in [3.05, 3.63) is 28.3 Å². The smallest absolute Gasteiger partial charge is 0.231 e. The zero-order chi connectivity index (χ0) is 15.5. The normalized spacial score (nSPS) is 16.8. The van der Waals surface area contributed by atoms with Crippen LogP contribution in [0.5, 0.6) is 0 Å². The van der Waals surface area contributed by atoms with E-state index >= 15 is 0 Å². The summed E-state index contributed by atoms with van der Waals surface area (Å²) in [6.07, 6.45) is 4.18. The topological polar surface area (TPSA) is 63.1 Å². The second kappa shape index (κ2) is 6.58. The number of piperidine rings is 1. The van der Waals surface area contributed by atoms with E-state index in [2.05, 4.69) is 27.3 Å². The molecule has 3 heterocycles. The van der Waals surface area contributed by atoms with Crippen molar-refractivity contribution >= 4 is 23.1 Å². The van der Waals surface area contributed by atoms with Crippen LogP contribution in [0.2, 0.25) is 0 Å². The molecule has 0 unspecified atom stereocenters. The third kappa shape index (κ3) is 3.53. The molecule has 1 amide bonds. The summed E-state index contributed by atoms with van der Waals surface area (Å²) < 4.78 is 1.96. The molecule has 22 heavy (non-hydrogen) atoms. The van der Waals surface area contributed by atoms with Gasteiger partial charge in [0.05, 0.1) is 29.4 Å². The summed E-state index contributed by atoms with van der Waals surface area (Å²) in [6, 6.07) is 2.23. The highest BCUT2D eigenvalue weighted by Gasteiger charge is 2.21. The number of likely N-dealkylation sites (tertiary alicyclic amines) is 1. The number of aryl methyl sites for hydroxylation is 1. The molecular formula is C15H21N5OS. The van der Waals surface area contributed by atoms with Gasteiger partial charge in [0.15, 0.2) is 0 Å². The van der Waals surface area contributed by atoms with Crippen LogP contribution in [0.25, 0.3) is 0 Å². The van der Waals surface area contributed by atoms with Crippen molar-refractivity contribution in [2.75, 3.05) is 25.5 Å². The van der Waals surface area contributed by atoms with Gasteiger partial charge in [-0.25, -0.2) is 9.67 Å². The first-order chi connectivity index (χ1) is 10.6. The number of anilines is 1. The van der Waals surface area contributed by atoms with Crippen LogP contribution < -0.4 is 5.32 Å². The van der Waals surface area contributed by atoms with Crippen molar-refractivity contribution in [3.8, 4) is 0 Å². The molecule has 7 heteroatoms. The fourth-order valence-electron chi connectivity index (χ4n) is 2.78. The molecule has 1 fully saturated rings. The van der Waals surface area contributed by atoms with Gasteiger partial charge in [-0.2, -0.15) is 5.10 Å². The lowest BCUT2D eigenvalue weighted by Gasteiger charge is -2.29. The molecule has 0 aromatic carbocycles. The molecule has 2 aromatic heterocycles. The Hall–Kier alpha value is -1.73. The monoisotopic (exact) mass is 319 g/mol. The van der Waals surface area contributed by atoms with Gasteiger partial charge >= 0.3 is 0 Å². The SMILES string of the molecule is Cc1nc(CC(=O)Nc2ccnn2C2CCN(C)CC2)cs1. The van der Waals surface area contributed by atoms with Gasteiger partial charge < -0.3 is 10.2 Å². The second-order valence-electron chi connectivity index (χ2n) is 5.78. The molecule has 0 spiro atoms. The molecule has 6 nitrogen and oxygen atoms in total. The number of thiazole rings is 1. The summed E-state index contributed by atoms with van der Waals surface area (Å²) in [4.78, 5) is 18.8. The van der Waals surface area contributed by atoms with Crippen molar-refractivity contribution in [2.45, 2.75) is 32.2 Å². The summed E-state index contributed by atoms with van der Waals surface area (Å²) in [5.41, 5.74) is 0.824. The summed E-state index contributed by atoms with van der Waals surface area (Å²) in [5.74, 6) is 0.742. The molecule has 1 saturated heterocycles. The zero-order valence-corrected chi connectivity index (χ0v) is 13.8. The Kier molecular flexibility index (Phi) is 4.54. The molecule has 1 aliphatic heterocycles. The van der Waals surface area contributed by atoms with E-state index in [4.69, 9.17) is 0 Å². The molecule has 2 aromatic rings. The van der Waals surface area contributed by atoms with Gasteiger partial charge in [0.1, 0.15) is 5.82 Å². The Morgan fingerprint density at radius 2 is 2.23 bits per heavy atom. The zero-order valence-electron chi connectivity index (χ0n) is 13.0. The first-order valence-electron chi connectivity index (χ1n) is 7.55. The van der Waals surface area contributed by atoms with E-state index < -0.39 is 0 Å². The van der Waals surface area contributed by atoms with Crippen molar-refractivity contribution in [1.82, 2.24) is 19.7 Å². The van der Waals surface area contributed by atoms with Gasteiger partial charge in [-0.3, -0.25) is 4.79 Å². The largest absolute Gasteiger partial charge is 0.311 e. The van der Waals surface area contributed by atoms with Gasteiger partial charge in [0, 0.05) is 11.4 Å². The molecule has 0 saturated carbocycles. The van der Waals surface area contributed by atoms with Gasteiger partial charge in [-0.1, -0.05) is 0 Å².